The van der Waals surface area contributed by atoms with E-state index in [1.807, 2.05) is 18.2 Å². The van der Waals surface area contributed by atoms with E-state index in [-0.39, 0.29) is 23.1 Å². The molecule has 0 aliphatic heterocycles. The number of rotatable bonds is 7. The predicted molar refractivity (Wildman–Crippen MR) is 128 cm³/mol. The van der Waals surface area contributed by atoms with E-state index in [4.69, 9.17) is 13.7 Å². The monoisotopic (exact) mass is 461 g/mol. The minimum atomic E-state index is -0.678. The predicted octanol–water partition coefficient (Wildman–Crippen LogP) is 5.83. The summed E-state index contributed by atoms with van der Waals surface area (Å²) in [7, 11) is 0. The topological polar surface area (TPSA) is 107 Å². The van der Waals surface area contributed by atoms with Crippen LogP contribution >= 0.6 is 0 Å². The quantitative estimate of drug-likeness (QED) is 0.345. The van der Waals surface area contributed by atoms with Gasteiger partial charge < -0.3 is 19.0 Å². The van der Waals surface area contributed by atoms with Crippen LogP contribution in [0.3, 0.4) is 0 Å². The van der Waals surface area contributed by atoms with E-state index in [1.54, 1.807) is 25.1 Å². The van der Waals surface area contributed by atoms with Crippen LogP contribution in [-0.4, -0.2) is 28.6 Å². The molecule has 0 atom stereocenters. The lowest BCUT2D eigenvalue weighted by Gasteiger charge is -2.20. The van der Waals surface area contributed by atoms with E-state index < -0.39 is 18.5 Å². The smallest absolute Gasteiger partial charge is 0.339 e. The molecule has 8 heteroatoms. The second-order valence-electron chi connectivity index (χ2n) is 8.73. The van der Waals surface area contributed by atoms with Gasteiger partial charge >= 0.3 is 5.97 Å². The number of hydrogen-bond acceptors (Lipinski definition) is 7. The Balaban J connectivity index is 1.56. The molecule has 176 valence electrons. The van der Waals surface area contributed by atoms with Crippen LogP contribution in [-0.2, 0) is 9.53 Å². The molecule has 3 aromatic heterocycles. The van der Waals surface area contributed by atoms with E-state index in [2.05, 4.69) is 43.2 Å². The molecule has 1 amide bonds. The van der Waals surface area contributed by atoms with E-state index in [1.165, 1.54) is 6.26 Å². The molecule has 0 unspecified atom stereocenters. The number of para-hydroxylation sites is 1. The van der Waals surface area contributed by atoms with Crippen molar-refractivity contribution >= 4 is 28.7 Å². The second kappa shape index (κ2) is 9.51. The maximum Gasteiger partial charge on any atom is 0.339 e. The van der Waals surface area contributed by atoms with Gasteiger partial charge in [-0.3, -0.25) is 4.79 Å². The number of nitrogens with zero attached hydrogens (tertiary/aromatic N) is 2. The number of amides is 1. The third-order valence-electron chi connectivity index (χ3n) is 5.58. The van der Waals surface area contributed by atoms with Gasteiger partial charge in [-0.2, -0.15) is 0 Å². The first-order valence-corrected chi connectivity index (χ1v) is 11.2. The Morgan fingerprint density at radius 3 is 2.38 bits per heavy atom. The Bertz CT molecular complexity index is 1310. The molecule has 0 aliphatic rings. The Morgan fingerprint density at radius 1 is 1.06 bits per heavy atom. The number of nitrogens with one attached hydrogen (secondary N) is 1. The lowest BCUT2D eigenvalue weighted by Crippen LogP contribution is -2.23. The molecule has 0 aliphatic carbocycles. The van der Waals surface area contributed by atoms with Crippen molar-refractivity contribution in [2.45, 2.75) is 46.5 Å². The van der Waals surface area contributed by atoms with Crippen molar-refractivity contribution in [2.75, 3.05) is 11.9 Å². The first kappa shape index (κ1) is 23.2. The number of ether oxygens (including phenoxy) is 1. The summed E-state index contributed by atoms with van der Waals surface area (Å²) in [6.45, 7) is 9.56. The summed E-state index contributed by atoms with van der Waals surface area (Å²) < 4.78 is 16.0. The number of benzene rings is 1. The maximum absolute atomic E-state index is 13.0. The molecule has 34 heavy (non-hydrogen) atoms. The van der Waals surface area contributed by atoms with Crippen molar-refractivity contribution in [3.8, 4) is 11.5 Å². The molecule has 0 saturated heterocycles. The minimum Gasteiger partial charge on any atom is -0.463 e. The lowest BCUT2D eigenvalue weighted by molar-refractivity contribution is -0.119. The van der Waals surface area contributed by atoms with Crippen molar-refractivity contribution in [3.05, 3.63) is 65.0 Å². The fourth-order valence-corrected chi connectivity index (χ4v) is 3.89. The molecule has 0 spiro atoms. The zero-order chi connectivity index (χ0) is 24.4. The number of carbonyl (C=O) groups is 2. The number of esters is 1. The van der Waals surface area contributed by atoms with Gasteiger partial charge in [0.15, 0.2) is 12.4 Å². The van der Waals surface area contributed by atoms with Gasteiger partial charge in [0.25, 0.3) is 11.6 Å². The molecule has 0 fully saturated rings. The van der Waals surface area contributed by atoms with Gasteiger partial charge in [0, 0.05) is 5.69 Å². The Labute approximate surface area is 197 Å². The highest BCUT2D eigenvalue weighted by molar-refractivity contribution is 6.05. The number of aryl methyl sites for hydroxylation is 1. The van der Waals surface area contributed by atoms with Crippen molar-refractivity contribution in [3.63, 3.8) is 0 Å². The van der Waals surface area contributed by atoms with Crippen LogP contribution in [0.25, 0.3) is 22.6 Å². The van der Waals surface area contributed by atoms with Crippen LogP contribution in [0.2, 0.25) is 0 Å². The Hall–Kier alpha value is -3.94. The molecule has 8 nitrogen and oxygen atoms in total. The zero-order valence-corrected chi connectivity index (χ0v) is 19.8. The summed E-state index contributed by atoms with van der Waals surface area (Å²) in [6, 6.07) is 11.0. The van der Waals surface area contributed by atoms with Crippen molar-refractivity contribution in [1.29, 1.82) is 0 Å². The first-order valence-electron chi connectivity index (χ1n) is 11.2. The first-order chi connectivity index (χ1) is 16.3. The third kappa shape index (κ3) is 4.57. The maximum atomic E-state index is 13.0. The van der Waals surface area contributed by atoms with E-state index in [0.717, 1.165) is 16.8 Å². The number of hydrogen-bond donors (Lipinski definition) is 1. The summed E-state index contributed by atoms with van der Waals surface area (Å²) in [5, 5.41) is 7.30. The Kier molecular flexibility index (Phi) is 6.49. The molecular formula is C26H27N3O5. The molecule has 4 rings (SSSR count). The summed E-state index contributed by atoms with van der Waals surface area (Å²) in [5.74, 6) is -0.185. The van der Waals surface area contributed by atoms with Gasteiger partial charge in [-0.15, -0.1) is 0 Å². The molecule has 0 radical (unpaired) electrons. The molecule has 0 bridgehead atoms. The van der Waals surface area contributed by atoms with Crippen molar-refractivity contribution in [2.24, 2.45) is 0 Å². The van der Waals surface area contributed by atoms with E-state index >= 15 is 0 Å². The molecule has 3 heterocycles. The van der Waals surface area contributed by atoms with E-state index in [0.29, 0.717) is 22.5 Å². The van der Waals surface area contributed by atoms with Crippen LogP contribution in [0.5, 0.6) is 0 Å². The summed E-state index contributed by atoms with van der Waals surface area (Å²) >= 11 is 0. The SMILES string of the molecule is Cc1noc2nc(-c3ccco3)cc(C(=O)OCC(=O)Nc3c(C(C)C)cccc3C(C)C)c12. The molecule has 4 aromatic rings. The number of anilines is 1. The largest absolute Gasteiger partial charge is 0.463 e. The van der Waals surface area contributed by atoms with Gasteiger partial charge in [-0.1, -0.05) is 51.1 Å². The van der Waals surface area contributed by atoms with Crippen LogP contribution in [0, 0.1) is 6.92 Å². The van der Waals surface area contributed by atoms with Crippen LogP contribution in [0.4, 0.5) is 5.69 Å². The van der Waals surface area contributed by atoms with Gasteiger partial charge in [0.05, 0.1) is 22.9 Å². The summed E-state index contributed by atoms with van der Waals surface area (Å²) in [5.41, 5.74) is 4.13. The fraction of sp³-hybridized carbons (Fsp3) is 0.308. The van der Waals surface area contributed by atoms with Gasteiger partial charge in [0.1, 0.15) is 5.69 Å². The summed E-state index contributed by atoms with van der Waals surface area (Å²) in [6.07, 6.45) is 1.51. The zero-order valence-electron chi connectivity index (χ0n) is 19.8. The highest BCUT2D eigenvalue weighted by atomic mass is 16.5. The van der Waals surface area contributed by atoms with Gasteiger partial charge in [-0.05, 0) is 48.1 Å². The Morgan fingerprint density at radius 2 is 1.76 bits per heavy atom. The molecular weight excluding hydrogens is 434 g/mol. The van der Waals surface area contributed by atoms with Crippen molar-refractivity contribution in [1.82, 2.24) is 10.1 Å². The van der Waals surface area contributed by atoms with E-state index in [9.17, 15) is 9.59 Å². The highest BCUT2D eigenvalue weighted by Gasteiger charge is 2.23. The van der Waals surface area contributed by atoms with Crippen LogP contribution in [0.1, 0.15) is 66.7 Å². The number of furan rings is 1. The highest BCUT2D eigenvalue weighted by Crippen LogP contribution is 2.32. The van der Waals surface area contributed by atoms with Gasteiger partial charge in [-0.25, -0.2) is 9.78 Å². The molecule has 1 aromatic carbocycles. The summed E-state index contributed by atoms with van der Waals surface area (Å²) in [4.78, 5) is 30.2. The minimum absolute atomic E-state index is 0.190. The average Bonchev–Trinajstić information content (AvgIpc) is 3.47. The average molecular weight is 462 g/mol. The second-order valence-corrected chi connectivity index (χ2v) is 8.73. The van der Waals surface area contributed by atoms with Crippen molar-refractivity contribution < 1.29 is 23.3 Å². The van der Waals surface area contributed by atoms with Gasteiger partial charge in [0.2, 0.25) is 0 Å². The fourth-order valence-electron chi connectivity index (χ4n) is 3.89. The molecule has 1 N–H and O–H groups in total. The number of fused-ring (bicyclic) bond motifs is 1. The normalized spacial score (nSPS) is 11.4. The third-order valence-corrected chi connectivity index (χ3v) is 5.58. The number of aromatic nitrogens is 2. The standard InChI is InChI=1S/C26H27N3O5/c1-14(2)17-8-6-9-18(15(3)4)24(17)28-22(30)13-33-26(31)19-12-20(21-10-7-11-32-21)27-25-23(19)16(5)29-34-25/h6-12,14-15H,13H2,1-5H3,(H,28,30). The number of carbonyl (C=O) groups excluding carboxylic acids is 2. The molecule has 0 saturated carbocycles. The van der Waals surface area contributed by atoms with Crippen LogP contribution < -0.4 is 5.32 Å². The lowest BCUT2D eigenvalue weighted by atomic mass is 9.92. The van der Waals surface area contributed by atoms with Crippen LogP contribution in [0.15, 0.2) is 51.6 Å². The number of pyridine rings is 1.